The monoisotopic (exact) mass is 412 g/mol. The van der Waals surface area contributed by atoms with Gasteiger partial charge >= 0.3 is 0 Å². The molecule has 1 N–H and O–H groups in total. The number of carbonyl (C=O) groups is 1. The SMILES string of the molecule is C[C@H]1[C@@H](NC(=O)c2cccc(S(=O)(=O)N3CCc4ccccc43)c2)CCC[C@@H]1C. The molecule has 1 aliphatic heterocycles. The zero-order valence-electron chi connectivity index (χ0n) is 17.0. The van der Waals surface area contributed by atoms with Crippen molar-refractivity contribution in [1.29, 1.82) is 0 Å². The molecule has 0 saturated heterocycles. The van der Waals surface area contributed by atoms with E-state index in [9.17, 15) is 13.2 Å². The van der Waals surface area contributed by atoms with E-state index in [2.05, 4.69) is 19.2 Å². The van der Waals surface area contributed by atoms with Crippen molar-refractivity contribution in [1.82, 2.24) is 5.32 Å². The Morgan fingerprint density at radius 3 is 2.69 bits per heavy atom. The first-order valence-electron chi connectivity index (χ1n) is 10.4. The number of rotatable bonds is 4. The maximum atomic E-state index is 13.3. The second kappa shape index (κ2) is 7.82. The molecule has 0 aromatic heterocycles. The Kier molecular flexibility index (Phi) is 5.38. The van der Waals surface area contributed by atoms with Gasteiger partial charge in [-0.05, 0) is 54.5 Å². The fourth-order valence-corrected chi connectivity index (χ4v) is 6.07. The van der Waals surface area contributed by atoms with Crippen LogP contribution in [0.25, 0.3) is 0 Å². The van der Waals surface area contributed by atoms with Crippen molar-refractivity contribution < 1.29 is 13.2 Å². The summed E-state index contributed by atoms with van der Waals surface area (Å²) in [4.78, 5) is 13.0. The molecule has 2 aromatic carbocycles. The number of nitrogens with zero attached hydrogens (tertiary/aromatic N) is 1. The van der Waals surface area contributed by atoms with Crippen molar-refractivity contribution >= 4 is 21.6 Å². The first kappa shape index (κ1) is 20.0. The summed E-state index contributed by atoms with van der Waals surface area (Å²) in [6, 6.07) is 14.1. The van der Waals surface area contributed by atoms with Gasteiger partial charge in [0.1, 0.15) is 0 Å². The lowest BCUT2D eigenvalue weighted by molar-refractivity contribution is 0.0891. The van der Waals surface area contributed by atoms with Gasteiger partial charge < -0.3 is 5.32 Å². The van der Waals surface area contributed by atoms with Gasteiger partial charge in [-0.25, -0.2) is 8.42 Å². The molecule has 4 rings (SSSR count). The maximum Gasteiger partial charge on any atom is 0.264 e. The molecule has 0 bridgehead atoms. The number of anilines is 1. The highest BCUT2D eigenvalue weighted by Gasteiger charge is 2.32. The molecule has 3 atom stereocenters. The Bertz CT molecular complexity index is 1020. The van der Waals surface area contributed by atoms with Crippen molar-refractivity contribution in [2.24, 2.45) is 11.8 Å². The highest BCUT2D eigenvalue weighted by molar-refractivity contribution is 7.92. The summed E-state index contributed by atoms with van der Waals surface area (Å²) in [7, 11) is -3.71. The molecule has 1 fully saturated rings. The normalized spacial score (nSPS) is 24.2. The van der Waals surface area contributed by atoms with Crippen molar-refractivity contribution in [2.75, 3.05) is 10.8 Å². The minimum Gasteiger partial charge on any atom is -0.349 e. The lowest BCUT2D eigenvalue weighted by atomic mass is 9.78. The minimum absolute atomic E-state index is 0.136. The molecule has 1 amide bonds. The van der Waals surface area contributed by atoms with Gasteiger partial charge in [0.2, 0.25) is 0 Å². The Morgan fingerprint density at radius 1 is 1.07 bits per heavy atom. The topological polar surface area (TPSA) is 66.5 Å². The van der Waals surface area contributed by atoms with Gasteiger partial charge in [-0.1, -0.05) is 51.0 Å². The standard InChI is InChI=1S/C23H28N2O3S/c1-16-7-5-11-21(17(16)2)24-23(26)19-9-6-10-20(15-19)29(27,28)25-14-13-18-8-3-4-12-22(18)25/h3-4,6,8-10,12,15-17,21H,5,7,11,13-14H2,1-2H3,(H,24,26)/t16-,17+,21-/m0/s1. The van der Waals surface area contributed by atoms with Crippen LogP contribution in [-0.4, -0.2) is 26.9 Å². The van der Waals surface area contributed by atoms with Crippen LogP contribution in [0.5, 0.6) is 0 Å². The summed E-state index contributed by atoms with van der Waals surface area (Å²) in [5.74, 6) is 0.798. The van der Waals surface area contributed by atoms with E-state index in [4.69, 9.17) is 0 Å². The third-order valence-electron chi connectivity index (χ3n) is 6.55. The van der Waals surface area contributed by atoms with Crippen molar-refractivity contribution in [3.8, 4) is 0 Å². The molecule has 5 nitrogen and oxygen atoms in total. The number of para-hydroxylation sites is 1. The first-order chi connectivity index (χ1) is 13.9. The molecular weight excluding hydrogens is 384 g/mol. The summed E-state index contributed by atoms with van der Waals surface area (Å²) in [5.41, 5.74) is 2.15. The first-order valence-corrected chi connectivity index (χ1v) is 11.8. The molecule has 154 valence electrons. The Morgan fingerprint density at radius 2 is 1.86 bits per heavy atom. The third-order valence-corrected chi connectivity index (χ3v) is 8.36. The van der Waals surface area contributed by atoms with Gasteiger partial charge in [-0.2, -0.15) is 0 Å². The molecule has 6 heteroatoms. The van der Waals surface area contributed by atoms with E-state index in [1.807, 2.05) is 24.3 Å². The second-order valence-corrected chi connectivity index (χ2v) is 10.2. The van der Waals surface area contributed by atoms with Crippen LogP contribution in [-0.2, 0) is 16.4 Å². The van der Waals surface area contributed by atoms with E-state index >= 15 is 0 Å². The van der Waals surface area contributed by atoms with E-state index in [-0.39, 0.29) is 16.8 Å². The molecule has 1 saturated carbocycles. The average molecular weight is 413 g/mol. The summed E-state index contributed by atoms with van der Waals surface area (Å²) < 4.78 is 28.0. The molecule has 0 unspecified atom stereocenters. The largest absolute Gasteiger partial charge is 0.349 e. The second-order valence-electron chi connectivity index (χ2n) is 8.33. The third kappa shape index (κ3) is 3.78. The zero-order chi connectivity index (χ0) is 20.6. The van der Waals surface area contributed by atoms with E-state index in [0.717, 1.165) is 24.1 Å². The average Bonchev–Trinajstić information content (AvgIpc) is 3.16. The number of fused-ring (bicyclic) bond motifs is 1. The van der Waals surface area contributed by atoms with Gasteiger partial charge in [0.05, 0.1) is 10.6 Å². The maximum absolute atomic E-state index is 13.3. The molecule has 1 aliphatic carbocycles. The van der Waals surface area contributed by atoms with E-state index in [0.29, 0.717) is 30.4 Å². The lowest BCUT2D eigenvalue weighted by Crippen LogP contribution is -2.43. The highest BCUT2D eigenvalue weighted by Crippen LogP contribution is 2.33. The summed E-state index contributed by atoms with van der Waals surface area (Å²) in [6.45, 7) is 4.83. The van der Waals surface area contributed by atoms with Crippen LogP contribution in [0.3, 0.4) is 0 Å². The number of hydrogen-bond donors (Lipinski definition) is 1. The Labute approximate surface area is 173 Å². The van der Waals surface area contributed by atoms with Crippen molar-refractivity contribution in [3.63, 3.8) is 0 Å². The lowest BCUT2D eigenvalue weighted by Gasteiger charge is -2.34. The summed E-state index contributed by atoms with van der Waals surface area (Å²) in [5, 5.41) is 3.13. The van der Waals surface area contributed by atoms with Crippen LogP contribution in [0, 0.1) is 11.8 Å². The van der Waals surface area contributed by atoms with Gasteiger partial charge in [-0.3, -0.25) is 9.10 Å². The minimum atomic E-state index is -3.71. The number of hydrogen-bond acceptors (Lipinski definition) is 3. The molecule has 29 heavy (non-hydrogen) atoms. The molecule has 2 aromatic rings. The predicted molar refractivity (Wildman–Crippen MR) is 115 cm³/mol. The van der Waals surface area contributed by atoms with E-state index in [1.54, 1.807) is 18.2 Å². The fraction of sp³-hybridized carbons (Fsp3) is 0.435. The number of amides is 1. The van der Waals surface area contributed by atoms with Crippen LogP contribution in [0.15, 0.2) is 53.4 Å². The van der Waals surface area contributed by atoms with Gasteiger partial charge in [0.15, 0.2) is 0 Å². The van der Waals surface area contributed by atoms with Gasteiger partial charge in [0.25, 0.3) is 15.9 Å². The molecule has 1 heterocycles. The zero-order valence-corrected chi connectivity index (χ0v) is 17.8. The number of nitrogens with one attached hydrogen (secondary N) is 1. The van der Waals surface area contributed by atoms with E-state index < -0.39 is 10.0 Å². The molecule has 0 spiro atoms. The van der Waals surface area contributed by atoms with Crippen LogP contribution < -0.4 is 9.62 Å². The molecular formula is C23H28N2O3S. The summed E-state index contributed by atoms with van der Waals surface area (Å²) in [6.07, 6.45) is 3.98. The smallest absolute Gasteiger partial charge is 0.264 e. The van der Waals surface area contributed by atoms with E-state index in [1.165, 1.54) is 16.8 Å². The number of benzene rings is 2. The molecule has 2 aliphatic rings. The van der Waals surface area contributed by atoms with Crippen LogP contribution in [0.4, 0.5) is 5.69 Å². The fourth-order valence-electron chi connectivity index (χ4n) is 4.52. The van der Waals surface area contributed by atoms with Crippen LogP contribution in [0.2, 0.25) is 0 Å². The Hall–Kier alpha value is -2.34. The van der Waals surface area contributed by atoms with Gasteiger partial charge in [-0.15, -0.1) is 0 Å². The predicted octanol–water partition coefficient (Wildman–Crippen LogP) is 3.99. The van der Waals surface area contributed by atoms with Crippen LogP contribution in [0.1, 0.15) is 49.0 Å². The van der Waals surface area contributed by atoms with Crippen molar-refractivity contribution in [2.45, 2.75) is 50.5 Å². The number of sulfonamides is 1. The van der Waals surface area contributed by atoms with Gasteiger partial charge in [0, 0.05) is 18.2 Å². The molecule has 0 radical (unpaired) electrons. The van der Waals surface area contributed by atoms with Crippen molar-refractivity contribution in [3.05, 3.63) is 59.7 Å². The number of carbonyl (C=O) groups excluding carboxylic acids is 1. The summed E-state index contributed by atoms with van der Waals surface area (Å²) >= 11 is 0. The Balaban J connectivity index is 1.56. The van der Waals surface area contributed by atoms with Crippen LogP contribution >= 0.6 is 0 Å². The quantitative estimate of drug-likeness (QED) is 0.826. The highest BCUT2D eigenvalue weighted by atomic mass is 32.2.